The van der Waals surface area contributed by atoms with Crippen LogP contribution in [0, 0.1) is 0 Å². The van der Waals surface area contributed by atoms with Gasteiger partial charge in [-0.1, -0.05) is 200 Å². The topological polar surface area (TPSA) is 21.3 Å². The van der Waals surface area contributed by atoms with E-state index in [1.165, 1.54) is 60.2 Å². The molecule has 0 atom stereocenters. The molecule has 71 heavy (non-hydrogen) atoms. The summed E-state index contributed by atoms with van der Waals surface area (Å²) in [5, 5.41) is 9.58. The lowest BCUT2D eigenvalue weighted by atomic mass is 9.95. The van der Waals surface area contributed by atoms with E-state index in [4.69, 9.17) is 4.42 Å². The first-order chi connectivity index (χ1) is 35.2. The predicted molar refractivity (Wildman–Crippen MR) is 299 cm³/mol. The molecule has 0 aliphatic heterocycles. The number of furan rings is 1. The molecule has 3 nitrogen and oxygen atoms in total. The van der Waals surface area contributed by atoms with E-state index in [0.717, 1.165) is 72.3 Å². The van der Waals surface area contributed by atoms with Crippen LogP contribution in [0.3, 0.4) is 0 Å². The Kier molecular flexibility index (Phi) is 9.53. The van der Waals surface area contributed by atoms with E-state index >= 15 is 0 Å². The van der Waals surface area contributed by atoms with Crippen molar-refractivity contribution in [3.8, 4) is 50.2 Å². The number of hydrogen-bond acceptors (Lipinski definition) is 2. The van der Waals surface area contributed by atoms with Crippen molar-refractivity contribution in [2.75, 3.05) is 4.90 Å². The summed E-state index contributed by atoms with van der Waals surface area (Å²) in [5.41, 5.74) is 17.8. The maximum absolute atomic E-state index is 6.62. The van der Waals surface area contributed by atoms with Gasteiger partial charge in [0.15, 0.2) is 0 Å². The number of rotatable bonds is 8. The molecule has 332 valence electrons. The first-order valence-corrected chi connectivity index (χ1v) is 24.3. The van der Waals surface area contributed by atoms with E-state index in [1.54, 1.807) is 0 Å². The van der Waals surface area contributed by atoms with Gasteiger partial charge in [0.05, 0.1) is 22.4 Å². The zero-order valence-corrected chi connectivity index (χ0v) is 38.7. The summed E-state index contributed by atoms with van der Waals surface area (Å²) in [6, 6.07) is 96.7. The SMILES string of the molecule is c1ccc(N(c2ccc(-c3ccc(-c4cccc5ccccc45)cc3)cc2)c2ccc(-c3ccccc3-n3c4ccccc4c4ccccc43)cc2)c(-c2cccc3oc4cc5ccccc5cc4c23)c1. The lowest BCUT2D eigenvalue weighted by molar-refractivity contribution is 0.669. The Hall–Kier alpha value is -9.44. The third kappa shape index (κ3) is 6.82. The molecule has 0 unspecified atom stereocenters. The van der Waals surface area contributed by atoms with E-state index < -0.39 is 0 Å². The Morgan fingerprint density at radius 3 is 1.49 bits per heavy atom. The van der Waals surface area contributed by atoms with Crippen LogP contribution in [0.2, 0.25) is 0 Å². The van der Waals surface area contributed by atoms with Crippen molar-refractivity contribution in [1.29, 1.82) is 0 Å². The molecule has 0 aliphatic rings. The van der Waals surface area contributed by atoms with Crippen molar-refractivity contribution < 1.29 is 4.42 Å². The number of hydrogen-bond donors (Lipinski definition) is 0. The van der Waals surface area contributed by atoms with Gasteiger partial charge in [-0.25, -0.2) is 0 Å². The van der Waals surface area contributed by atoms with E-state index in [-0.39, 0.29) is 0 Å². The van der Waals surface area contributed by atoms with Crippen LogP contribution in [0.25, 0.3) is 115 Å². The minimum Gasteiger partial charge on any atom is -0.456 e. The molecule has 2 aromatic heterocycles. The molecule has 14 aromatic rings. The van der Waals surface area contributed by atoms with Crippen molar-refractivity contribution in [2.45, 2.75) is 0 Å². The van der Waals surface area contributed by atoms with E-state index in [9.17, 15) is 0 Å². The van der Waals surface area contributed by atoms with Crippen LogP contribution in [-0.4, -0.2) is 4.57 Å². The van der Waals surface area contributed by atoms with Crippen molar-refractivity contribution in [3.05, 3.63) is 267 Å². The monoisotopic (exact) mass is 904 g/mol. The molecule has 0 N–H and O–H groups in total. The molecule has 0 bridgehead atoms. The molecule has 0 aliphatic carbocycles. The smallest absolute Gasteiger partial charge is 0.136 e. The summed E-state index contributed by atoms with van der Waals surface area (Å²) in [4.78, 5) is 2.40. The summed E-state index contributed by atoms with van der Waals surface area (Å²) < 4.78 is 9.04. The van der Waals surface area contributed by atoms with Crippen LogP contribution < -0.4 is 4.90 Å². The molecular weight excluding hydrogens is 861 g/mol. The average molecular weight is 905 g/mol. The summed E-state index contributed by atoms with van der Waals surface area (Å²) in [5.74, 6) is 0. The Morgan fingerprint density at radius 2 is 0.775 bits per heavy atom. The largest absolute Gasteiger partial charge is 0.456 e. The van der Waals surface area contributed by atoms with Gasteiger partial charge in [0.1, 0.15) is 11.2 Å². The molecule has 0 fully saturated rings. The van der Waals surface area contributed by atoms with Crippen molar-refractivity contribution >= 4 is 82.4 Å². The van der Waals surface area contributed by atoms with E-state index in [1.807, 2.05) is 0 Å². The van der Waals surface area contributed by atoms with Crippen LogP contribution >= 0.6 is 0 Å². The quantitative estimate of drug-likeness (QED) is 0.151. The third-order valence-electron chi connectivity index (χ3n) is 14.4. The lowest BCUT2D eigenvalue weighted by Gasteiger charge is -2.28. The van der Waals surface area contributed by atoms with Gasteiger partial charge < -0.3 is 13.9 Å². The third-order valence-corrected chi connectivity index (χ3v) is 14.4. The number of para-hydroxylation sites is 4. The molecule has 0 radical (unpaired) electrons. The number of nitrogens with zero attached hydrogens (tertiary/aromatic N) is 2. The first-order valence-electron chi connectivity index (χ1n) is 24.3. The molecule has 0 saturated carbocycles. The van der Waals surface area contributed by atoms with Crippen molar-refractivity contribution in [2.24, 2.45) is 0 Å². The molecular formula is C68H44N2O. The first kappa shape index (κ1) is 40.6. The van der Waals surface area contributed by atoms with Crippen molar-refractivity contribution in [3.63, 3.8) is 0 Å². The second-order valence-electron chi connectivity index (χ2n) is 18.4. The standard InChI is InChI=1S/C68H44N2O/c1-2-17-51-44-67-61(43-50(51)16-1)68-60(25-14-30-66(68)71-67)59-23-8-10-27-63(59)69(52-39-35-46(36-40-52)45-31-33-48(34-32-45)55-24-13-18-47-15-3-4-19-54(47)55)53-41-37-49(38-42-53)56-20-5-9-26-62(56)70-64-28-11-6-21-57(64)58-22-7-12-29-65(58)70/h1-44H. The fraction of sp³-hybridized carbons (Fsp3) is 0. The van der Waals surface area contributed by atoms with Gasteiger partial charge in [0.25, 0.3) is 0 Å². The number of benzene rings is 12. The van der Waals surface area contributed by atoms with Crippen LogP contribution in [0.5, 0.6) is 0 Å². The second kappa shape index (κ2) is 16.7. The predicted octanol–water partition coefficient (Wildman–Crippen LogP) is 19.1. The molecule has 12 aromatic carbocycles. The fourth-order valence-electron chi connectivity index (χ4n) is 11.1. The highest BCUT2D eigenvalue weighted by Crippen LogP contribution is 2.46. The van der Waals surface area contributed by atoms with Crippen LogP contribution in [-0.2, 0) is 0 Å². The van der Waals surface area contributed by atoms with Crippen LogP contribution in [0.1, 0.15) is 0 Å². The average Bonchev–Trinajstić information content (AvgIpc) is 3.98. The van der Waals surface area contributed by atoms with Gasteiger partial charge in [-0.15, -0.1) is 0 Å². The number of fused-ring (bicyclic) bond motifs is 8. The van der Waals surface area contributed by atoms with Crippen LogP contribution in [0.15, 0.2) is 271 Å². The van der Waals surface area contributed by atoms with Gasteiger partial charge in [-0.2, -0.15) is 0 Å². The van der Waals surface area contributed by atoms with Crippen LogP contribution in [0.4, 0.5) is 17.1 Å². The summed E-state index contributed by atoms with van der Waals surface area (Å²) >= 11 is 0. The van der Waals surface area contributed by atoms with Crippen molar-refractivity contribution in [1.82, 2.24) is 4.57 Å². The Balaban J connectivity index is 0.899. The van der Waals surface area contributed by atoms with Gasteiger partial charge in [-0.05, 0) is 122 Å². The van der Waals surface area contributed by atoms with Gasteiger partial charge >= 0.3 is 0 Å². The molecule has 0 spiro atoms. The van der Waals surface area contributed by atoms with Gasteiger partial charge in [0, 0.05) is 44.0 Å². The maximum atomic E-state index is 6.62. The summed E-state index contributed by atoms with van der Waals surface area (Å²) in [6.07, 6.45) is 0. The lowest BCUT2D eigenvalue weighted by Crippen LogP contribution is -2.11. The van der Waals surface area contributed by atoms with Gasteiger partial charge in [0.2, 0.25) is 0 Å². The highest BCUT2D eigenvalue weighted by atomic mass is 16.3. The normalized spacial score (nSPS) is 11.7. The Bertz CT molecular complexity index is 4270. The highest BCUT2D eigenvalue weighted by Gasteiger charge is 2.22. The fourth-order valence-corrected chi connectivity index (χ4v) is 11.1. The highest BCUT2D eigenvalue weighted by molar-refractivity contribution is 6.17. The number of anilines is 3. The summed E-state index contributed by atoms with van der Waals surface area (Å²) in [7, 11) is 0. The minimum absolute atomic E-state index is 0.872. The van der Waals surface area contributed by atoms with E-state index in [0.29, 0.717) is 0 Å². The maximum Gasteiger partial charge on any atom is 0.136 e. The van der Waals surface area contributed by atoms with E-state index in [2.05, 4.69) is 276 Å². The van der Waals surface area contributed by atoms with Gasteiger partial charge in [-0.3, -0.25) is 0 Å². The Labute approximate surface area is 411 Å². The molecule has 14 rings (SSSR count). The second-order valence-corrected chi connectivity index (χ2v) is 18.4. The zero-order valence-electron chi connectivity index (χ0n) is 38.7. The molecule has 0 amide bonds. The molecule has 2 heterocycles. The zero-order chi connectivity index (χ0) is 46.8. The molecule has 3 heteroatoms. The number of aromatic nitrogens is 1. The minimum atomic E-state index is 0.872. The summed E-state index contributed by atoms with van der Waals surface area (Å²) in [6.45, 7) is 0. The molecule has 0 saturated heterocycles. The Morgan fingerprint density at radius 1 is 0.296 bits per heavy atom.